The lowest BCUT2D eigenvalue weighted by Gasteiger charge is -2.03. The normalized spacial score (nSPS) is 31.9. The van der Waals surface area contributed by atoms with E-state index in [1.807, 2.05) is 6.92 Å². The summed E-state index contributed by atoms with van der Waals surface area (Å²) in [4.78, 5) is 13.4. The van der Waals surface area contributed by atoms with Crippen LogP contribution in [0.5, 0.6) is 0 Å². The summed E-state index contributed by atoms with van der Waals surface area (Å²) in [5.41, 5.74) is 8.08. The SMILES string of the molecule is C[C@@H]1CC(=O)C[C@H]1N=[N+]=[N-]. The fraction of sp³-hybridized carbons (Fsp3) is 0.833. The Morgan fingerprint density at radius 3 is 2.80 bits per heavy atom. The summed E-state index contributed by atoms with van der Waals surface area (Å²) in [6, 6.07) is -0.0856. The molecule has 0 aromatic rings. The average Bonchev–Trinajstić information content (AvgIpc) is 2.13. The summed E-state index contributed by atoms with van der Waals surface area (Å²) < 4.78 is 0. The van der Waals surface area contributed by atoms with E-state index in [2.05, 4.69) is 10.0 Å². The summed E-state index contributed by atoms with van der Waals surface area (Å²) in [6.45, 7) is 1.93. The van der Waals surface area contributed by atoms with Crippen LogP contribution in [0.1, 0.15) is 19.8 Å². The standard InChI is InChI=1S/C6H9N3O/c1-4-2-5(10)3-6(4)8-9-7/h4,6H,2-3H2,1H3/t4-,6-/m1/s1. The van der Waals surface area contributed by atoms with Gasteiger partial charge in [-0.15, -0.1) is 0 Å². The van der Waals surface area contributed by atoms with Gasteiger partial charge in [0, 0.05) is 23.8 Å². The van der Waals surface area contributed by atoms with Gasteiger partial charge in [-0.3, -0.25) is 4.79 Å². The molecule has 1 rings (SSSR count). The molecule has 0 bridgehead atoms. The molecule has 1 aliphatic carbocycles. The Bertz CT molecular complexity index is 195. The van der Waals surface area contributed by atoms with E-state index < -0.39 is 0 Å². The molecule has 0 aromatic carbocycles. The molecule has 54 valence electrons. The molecule has 0 amide bonds. The minimum absolute atomic E-state index is 0.0856. The number of Topliss-reactive ketones (excluding diaryl/α,β-unsaturated/α-hetero) is 1. The molecule has 1 saturated carbocycles. The molecule has 0 aliphatic heterocycles. The van der Waals surface area contributed by atoms with Gasteiger partial charge in [0.05, 0.1) is 0 Å². The Labute approximate surface area is 58.9 Å². The highest BCUT2D eigenvalue weighted by molar-refractivity contribution is 5.81. The predicted molar refractivity (Wildman–Crippen MR) is 36.3 cm³/mol. The minimum Gasteiger partial charge on any atom is -0.300 e. The highest BCUT2D eigenvalue weighted by Gasteiger charge is 2.28. The zero-order valence-electron chi connectivity index (χ0n) is 5.82. The molecule has 4 heteroatoms. The van der Waals surface area contributed by atoms with Crippen LogP contribution in [0.25, 0.3) is 10.4 Å². The first-order valence-corrected chi connectivity index (χ1v) is 3.30. The largest absolute Gasteiger partial charge is 0.300 e. The number of hydrogen-bond acceptors (Lipinski definition) is 2. The third kappa shape index (κ3) is 1.28. The highest BCUT2D eigenvalue weighted by Crippen LogP contribution is 2.24. The Morgan fingerprint density at radius 1 is 1.70 bits per heavy atom. The van der Waals surface area contributed by atoms with Gasteiger partial charge in [0.1, 0.15) is 5.78 Å². The first-order chi connectivity index (χ1) is 4.74. The van der Waals surface area contributed by atoms with Gasteiger partial charge in [0.15, 0.2) is 0 Å². The zero-order valence-corrected chi connectivity index (χ0v) is 5.82. The van der Waals surface area contributed by atoms with Crippen LogP contribution < -0.4 is 0 Å². The van der Waals surface area contributed by atoms with Crippen molar-refractivity contribution in [1.29, 1.82) is 0 Å². The van der Waals surface area contributed by atoms with E-state index in [-0.39, 0.29) is 17.7 Å². The lowest BCUT2D eigenvalue weighted by atomic mass is 10.1. The second-order valence-electron chi connectivity index (χ2n) is 2.70. The Kier molecular flexibility index (Phi) is 1.92. The summed E-state index contributed by atoms with van der Waals surface area (Å²) in [5, 5.41) is 3.51. The lowest BCUT2D eigenvalue weighted by Crippen LogP contribution is -2.05. The van der Waals surface area contributed by atoms with E-state index in [4.69, 9.17) is 5.53 Å². The van der Waals surface area contributed by atoms with Crippen molar-refractivity contribution < 1.29 is 4.79 Å². The smallest absolute Gasteiger partial charge is 0.133 e. The number of hydrogen-bond donors (Lipinski definition) is 0. The first kappa shape index (κ1) is 7.09. The fourth-order valence-corrected chi connectivity index (χ4v) is 1.23. The Hall–Kier alpha value is -1.02. The van der Waals surface area contributed by atoms with Crippen LogP contribution in [-0.2, 0) is 4.79 Å². The van der Waals surface area contributed by atoms with E-state index in [0.29, 0.717) is 12.8 Å². The van der Waals surface area contributed by atoms with Crippen molar-refractivity contribution in [1.82, 2.24) is 0 Å². The van der Waals surface area contributed by atoms with Gasteiger partial charge in [-0.2, -0.15) is 0 Å². The number of ketones is 1. The van der Waals surface area contributed by atoms with Crippen LogP contribution in [0.4, 0.5) is 0 Å². The molecule has 0 aromatic heterocycles. The lowest BCUT2D eigenvalue weighted by molar-refractivity contribution is -0.117. The van der Waals surface area contributed by atoms with E-state index in [1.54, 1.807) is 0 Å². The molecule has 4 nitrogen and oxygen atoms in total. The summed E-state index contributed by atoms with van der Waals surface area (Å²) in [6.07, 6.45) is 1.01. The van der Waals surface area contributed by atoms with Crippen LogP contribution in [0, 0.1) is 5.92 Å². The molecule has 0 heterocycles. The molecule has 0 unspecified atom stereocenters. The Balaban J connectivity index is 2.62. The zero-order chi connectivity index (χ0) is 7.56. The van der Waals surface area contributed by atoms with E-state index in [9.17, 15) is 4.79 Å². The van der Waals surface area contributed by atoms with Gasteiger partial charge in [-0.1, -0.05) is 12.0 Å². The van der Waals surface area contributed by atoms with E-state index >= 15 is 0 Å². The molecule has 1 fully saturated rings. The number of carbonyl (C=O) groups is 1. The van der Waals surface area contributed by atoms with Crippen molar-refractivity contribution in [2.24, 2.45) is 11.0 Å². The molecule has 0 radical (unpaired) electrons. The van der Waals surface area contributed by atoms with Crippen LogP contribution >= 0.6 is 0 Å². The van der Waals surface area contributed by atoms with Gasteiger partial charge in [-0.25, -0.2) is 0 Å². The molecule has 10 heavy (non-hydrogen) atoms. The summed E-state index contributed by atoms with van der Waals surface area (Å²) in [7, 11) is 0. The van der Waals surface area contributed by atoms with Crippen molar-refractivity contribution in [2.75, 3.05) is 0 Å². The van der Waals surface area contributed by atoms with E-state index in [1.165, 1.54) is 0 Å². The number of azide groups is 1. The molecule has 0 spiro atoms. The Morgan fingerprint density at radius 2 is 2.40 bits per heavy atom. The maximum atomic E-state index is 10.8. The molecule has 0 saturated heterocycles. The topological polar surface area (TPSA) is 65.8 Å². The van der Waals surface area contributed by atoms with Gasteiger partial charge in [0.2, 0.25) is 0 Å². The van der Waals surface area contributed by atoms with Gasteiger partial charge in [-0.05, 0) is 11.4 Å². The molecular formula is C6H9N3O. The maximum absolute atomic E-state index is 10.8. The predicted octanol–water partition coefficient (Wildman–Crippen LogP) is 1.66. The number of nitrogens with zero attached hydrogens (tertiary/aromatic N) is 3. The minimum atomic E-state index is -0.0856. The summed E-state index contributed by atoms with van der Waals surface area (Å²) in [5.74, 6) is 0.452. The molecule has 2 atom stereocenters. The average molecular weight is 139 g/mol. The van der Waals surface area contributed by atoms with E-state index in [0.717, 1.165) is 0 Å². The second-order valence-corrected chi connectivity index (χ2v) is 2.70. The number of carbonyl (C=O) groups excluding carboxylic acids is 1. The van der Waals surface area contributed by atoms with Gasteiger partial charge >= 0.3 is 0 Å². The third-order valence-corrected chi connectivity index (χ3v) is 1.84. The first-order valence-electron chi connectivity index (χ1n) is 3.30. The van der Waals surface area contributed by atoms with Crippen molar-refractivity contribution in [2.45, 2.75) is 25.8 Å². The second kappa shape index (κ2) is 2.71. The van der Waals surface area contributed by atoms with Crippen LogP contribution in [0.2, 0.25) is 0 Å². The van der Waals surface area contributed by atoms with Gasteiger partial charge in [0.25, 0.3) is 0 Å². The van der Waals surface area contributed by atoms with Crippen molar-refractivity contribution in [3.63, 3.8) is 0 Å². The number of rotatable bonds is 1. The van der Waals surface area contributed by atoms with Gasteiger partial charge < -0.3 is 0 Å². The highest BCUT2D eigenvalue weighted by atomic mass is 16.1. The van der Waals surface area contributed by atoms with Crippen molar-refractivity contribution in [3.05, 3.63) is 10.4 Å². The maximum Gasteiger partial charge on any atom is 0.133 e. The van der Waals surface area contributed by atoms with Crippen molar-refractivity contribution >= 4 is 5.78 Å². The van der Waals surface area contributed by atoms with Crippen LogP contribution in [0.15, 0.2) is 5.11 Å². The third-order valence-electron chi connectivity index (χ3n) is 1.84. The van der Waals surface area contributed by atoms with Crippen LogP contribution in [-0.4, -0.2) is 11.8 Å². The monoisotopic (exact) mass is 139 g/mol. The molecule has 0 N–H and O–H groups in total. The molecular weight excluding hydrogens is 130 g/mol. The summed E-state index contributed by atoms with van der Waals surface area (Å²) >= 11 is 0. The molecule has 1 aliphatic rings. The quantitative estimate of drug-likeness (QED) is 0.309. The van der Waals surface area contributed by atoms with Crippen molar-refractivity contribution in [3.8, 4) is 0 Å². The van der Waals surface area contributed by atoms with Crippen LogP contribution in [0.3, 0.4) is 0 Å². The fourth-order valence-electron chi connectivity index (χ4n) is 1.23.